The van der Waals surface area contributed by atoms with Gasteiger partial charge in [-0.3, -0.25) is 9.59 Å². The van der Waals surface area contributed by atoms with Crippen LogP contribution >= 0.6 is 22.7 Å². The molecule has 0 unspecified atom stereocenters. The van der Waals surface area contributed by atoms with Crippen molar-refractivity contribution in [3.05, 3.63) is 80.5 Å². The zero-order valence-corrected chi connectivity index (χ0v) is 19.5. The molecule has 0 radical (unpaired) electrons. The van der Waals surface area contributed by atoms with Crippen LogP contribution in [0.2, 0.25) is 0 Å². The molecule has 3 aromatic heterocycles. The monoisotopic (exact) mass is 489 g/mol. The number of pyridine rings is 1. The van der Waals surface area contributed by atoms with Crippen LogP contribution in [0.3, 0.4) is 0 Å². The standard InChI is InChI=1S/C25H19N3O4S2/c26-23(30)18-9-11-34-24(18)28-20(29)13-32-25(31)21-16-5-1-2-6-19(16)27-22-14(7-8-17(21)22)12-15-4-3-10-33-15/h1-6,9-12H,7-8,13H2,(H2,26,30)(H,28,29). The summed E-state index contributed by atoms with van der Waals surface area (Å²) in [5.41, 5.74) is 9.37. The summed E-state index contributed by atoms with van der Waals surface area (Å²) in [7, 11) is 0. The molecule has 0 saturated carbocycles. The van der Waals surface area contributed by atoms with Crippen LogP contribution in [0.5, 0.6) is 0 Å². The maximum atomic E-state index is 13.2. The number of allylic oxidation sites excluding steroid dienone is 1. The molecule has 2 amide bonds. The van der Waals surface area contributed by atoms with Crippen molar-refractivity contribution in [1.29, 1.82) is 0 Å². The summed E-state index contributed by atoms with van der Waals surface area (Å²) in [6.07, 6.45) is 3.54. The maximum Gasteiger partial charge on any atom is 0.339 e. The van der Waals surface area contributed by atoms with Gasteiger partial charge in [0.25, 0.3) is 11.8 Å². The largest absolute Gasteiger partial charge is 0.452 e. The lowest BCUT2D eigenvalue weighted by Crippen LogP contribution is -2.23. The number of thiophene rings is 2. The fraction of sp³-hybridized carbons (Fsp3) is 0.120. The molecule has 1 aliphatic rings. The number of nitrogens with zero attached hydrogens (tertiary/aromatic N) is 1. The maximum absolute atomic E-state index is 13.2. The number of nitrogens with one attached hydrogen (secondary N) is 1. The van der Waals surface area contributed by atoms with Crippen LogP contribution in [0.15, 0.2) is 53.2 Å². The Hall–Kier alpha value is -3.82. The van der Waals surface area contributed by atoms with E-state index in [1.54, 1.807) is 16.7 Å². The number of hydrogen-bond acceptors (Lipinski definition) is 7. The number of carbonyl (C=O) groups excluding carboxylic acids is 3. The Bertz CT molecular complexity index is 1450. The number of esters is 1. The summed E-state index contributed by atoms with van der Waals surface area (Å²) >= 11 is 2.82. The molecule has 7 nitrogen and oxygen atoms in total. The molecule has 0 saturated heterocycles. The Balaban J connectivity index is 1.42. The lowest BCUT2D eigenvalue weighted by Gasteiger charge is -2.12. The van der Waals surface area contributed by atoms with Gasteiger partial charge < -0.3 is 15.8 Å². The quantitative estimate of drug-likeness (QED) is 0.380. The normalized spacial score (nSPS) is 13.7. The second kappa shape index (κ2) is 9.20. The number of nitrogens with two attached hydrogens (primary N) is 1. The Kier molecular flexibility index (Phi) is 5.95. The van der Waals surface area contributed by atoms with Crippen molar-refractivity contribution in [2.24, 2.45) is 5.73 Å². The first-order valence-electron chi connectivity index (χ1n) is 10.5. The van der Waals surface area contributed by atoms with Gasteiger partial charge in [-0.2, -0.15) is 0 Å². The zero-order chi connectivity index (χ0) is 23.7. The van der Waals surface area contributed by atoms with Gasteiger partial charge in [0.05, 0.1) is 22.3 Å². The number of para-hydroxylation sites is 1. The number of rotatable bonds is 6. The molecule has 4 aromatic rings. The van der Waals surface area contributed by atoms with Crippen LogP contribution in [0, 0.1) is 0 Å². The van der Waals surface area contributed by atoms with E-state index in [0.717, 1.165) is 28.1 Å². The van der Waals surface area contributed by atoms with Crippen LogP contribution < -0.4 is 11.1 Å². The van der Waals surface area contributed by atoms with Gasteiger partial charge in [-0.05, 0) is 59.0 Å². The number of hydrogen-bond donors (Lipinski definition) is 2. The molecule has 0 spiro atoms. The number of ether oxygens (including phenoxy) is 1. The van der Waals surface area contributed by atoms with Crippen molar-refractivity contribution >= 4 is 68.0 Å². The van der Waals surface area contributed by atoms with E-state index in [1.165, 1.54) is 17.4 Å². The van der Waals surface area contributed by atoms with E-state index in [2.05, 4.69) is 11.4 Å². The van der Waals surface area contributed by atoms with Crippen LogP contribution in [0.4, 0.5) is 5.00 Å². The molecule has 34 heavy (non-hydrogen) atoms. The van der Waals surface area contributed by atoms with Crippen molar-refractivity contribution in [1.82, 2.24) is 4.98 Å². The molecule has 1 aliphatic carbocycles. The first-order chi connectivity index (χ1) is 16.5. The molecule has 3 heterocycles. The molecule has 170 valence electrons. The van der Waals surface area contributed by atoms with Crippen LogP contribution in [-0.4, -0.2) is 29.4 Å². The topological polar surface area (TPSA) is 111 Å². The Labute approximate surface area is 202 Å². The average Bonchev–Trinajstić information content (AvgIpc) is 3.58. The van der Waals surface area contributed by atoms with Gasteiger partial charge in [-0.25, -0.2) is 9.78 Å². The Morgan fingerprint density at radius 1 is 1.06 bits per heavy atom. The van der Waals surface area contributed by atoms with E-state index in [0.29, 0.717) is 27.9 Å². The highest BCUT2D eigenvalue weighted by atomic mass is 32.1. The van der Waals surface area contributed by atoms with E-state index >= 15 is 0 Å². The van der Waals surface area contributed by atoms with Gasteiger partial charge >= 0.3 is 5.97 Å². The number of carbonyl (C=O) groups is 3. The summed E-state index contributed by atoms with van der Waals surface area (Å²) in [6.45, 7) is -0.488. The van der Waals surface area contributed by atoms with E-state index < -0.39 is 24.4 Å². The lowest BCUT2D eigenvalue weighted by atomic mass is 10.0. The van der Waals surface area contributed by atoms with Gasteiger partial charge in [0, 0.05) is 10.3 Å². The summed E-state index contributed by atoms with van der Waals surface area (Å²) in [4.78, 5) is 43.0. The number of primary amides is 1. The summed E-state index contributed by atoms with van der Waals surface area (Å²) in [6, 6.07) is 13.0. The molecule has 3 N–H and O–H groups in total. The van der Waals surface area contributed by atoms with Crippen molar-refractivity contribution in [2.75, 3.05) is 11.9 Å². The molecule has 1 aromatic carbocycles. The van der Waals surface area contributed by atoms with Crippen molar-refractivity contribution < 1.29 is 19.1 Å². The predicted molar refractivity (Wildman–Crippen MR) is 134 cm³/mol. The highest BCUT2D eigenvalue weighted by molar-refractivity contribution is 7.14. The zero-order valence-electron chi connectivity index (χ0n) is 17.9. The first kappa shape index (κ1) is 22.0. The van der Waals surface area contributed by atoms with Gasteiger partial charge in [0.2, 0.25) is 0 Å². The summed E-state index contributed by atoms with van der Waals surface area (Å²) in [5.74, 6) is -1.77. The smallest absolute Gasteiger partial charge is 0.339 e. The van der Waals surface area contributed by atoms with Crippen molar-refractivity contribution in [3.8, 4) is 0 Å². The van der Waals surface area contributed by atoms with Crippen molar-refractivity contribution in [2.45, 2.75) is 12.8 Å². The minimum Gasteiger partial charge on any atom is -0.452 e. The summed E-state index contributed by atoms with van der Waals surface area (Å²) < 4.78 is 5.41. The number of anilines is 1. The van der Waals surface area contributed by atoms with Gasteiger partial charge in [-0.1, -0.05) is 24.3 Å². The molecule has 0 aliphatic heterocycles. The second-order valence-electron chi connectivity index (χ2n) is 7.67. The van der Waals surface area contributed by atoms with Crippen LogP contribution in [0.1, 0.15) is 43.3 Å². The lowest BCUT2D eigenvalue weighted by molar-refractivity contribution is -0.119. The number of benzene rings is 1. The minimum absolute atomic E-state index is 0.215. The van der Waals surface area contributed by atoms with E-state index in [9.17, 15) is 14.4 Å². The third kappa shape index (κ3) is 4.23. The van der Waals surface area contributed by atoms with E-state index in [4.69, 9.17) is 15.5 Å². The third-order valence-corrected chi connectivity index (χ3v) is 7.17. The van der Waals surface area contributed by atoms with Crippen LogP contribution in [0.25, 0.3) is 22.6 Å². The molecular formula is C25H19N3O4S2. The van der Waals surface area contributed by atoms with Gasteiger partial charge in [0.1, 0.15) is 5.00 Å². The average molecular weight is 490 g/mol. The Morgan fingerprint density at radius 3 is 2.71 bits per heavy atom. The second-order valence-corrected chi connectivity index (χ2v) is 9.56. The first-order valence-corrected chi connectivity index (χ1v) is 12.3. The fourth-order valence-corrected chi connectivity index (χ4v) is 5.51. The molecule has 0 atom stereocenters. The minimum atomic E-state index is -0.640. The number of aromatic nitrogens is 1. The van der Waals surface area contributed by atoms with Gasteiger partial charge in [0.15, 0.2) is 6.61 Å². The van der Waals surface area contributed by atoms with Crippen LogP contribution in [-0.2, 0) is 16.0 Å². The third-order valence-electron chi connectivity index (χ3n) is 5.52. The van der Waals surface area contributed by atoms with E-state index in [-0.39, 0.29) is 5.56 Å². The molecule has 0 bridgehead atoms. The highest BCUT2D eigenvalue weighted by Gasteiger charge is 2.28. The van der Waals surface area contributed by atoms with E-state index in [1.807, 2.05) is 41.8 Å². The van der Waals surface area contributed by atoms with Crippen molar-refractivity contribution in [3.63, 3.8) is 0 Å². The molecule has 5 rings (SSSR count). The highest BCUT2D eigenvalue weighted by Crippen LogP contribution is 2.38. The number of amides is 2. The molecule has 9 heteroatoms. The Morgan fingerprint density at radius 2 is 1.91 bits per heavy atom. The SMILES string of the molecule is NC(=O)c1ccsc1NC(=O)COC(=O)c1c2c(nc3ccccc13)C(=Cc1cccs1)CC2. The predicted octanol–water partition coefficient (Wildman–Crippen LogP) is 4.74. The summed E-state index contributed by atoms with van der Waals surface area (Å²) in [5, 5.41) is 7.27. The molecular weight excluding hydrogens is 470 g/mol. The molecule has 0 fully saturated rings. The van der Waals surface area contributed by atoms with Gasteiger partial charge in [-0.15, -0.1) is 22.7 Å². The number of fused-ring (bicyclic) bond motifs is 2. The fourth-order valence-electron chi connectivity index (χ4n) is 4.02.